The Morgan fingerprint density at radius 2 is 1.86 bits per heavy atom. The first-order chi connectivity index (χ1) is 9.41. The minimum Gasteiger partial charge on any atom is -0.335 e. The summed E-state index contributed by atoms with van der Waals surface area (Å²) in [5, 5.41) is 2.65. The molecule has 0 aromatic heterocycles. The van der Waals surface area contributed by atoms with Crippen molar-refractivity contribution in [2.75, 3.05) is 40.0 Å². The fraction of sp³-hybridized carbons (Fsp3) is 0.929. The van der Waals surface area contributed by atoms with Crippen molar-refractivity contribution >= 4 is 15.9 Å². The van der Waals surface area contributed by atoms with Gasteiger partial charge in [0.05, 0.1) is 5.25 Å². The van der Waals surface area contributed by atoms with Crippen molar-refractivity contribution in [2.24, 2.45) is 5.41 Å². The normalized spacial score (nSPS) is 18.5. The molecule has 0 aliphatic carbocycles. The standard InChI is InChI=1S/C14H29N3O3S/c1-14(2,3)12(7-8-16(4)5)15-13(18)17-9-11(10-17)21(6,19)20/h11-12H,7-10H2,1-6H3,(H,15,18). The van der Waals surface area contributed by atoms with Crippen LogP contribution < -0.4 is 5.32 Å². The van der Waals surface area contributed by atoms with E-state index in [2.05, 4.69) is 31.0 Å². The van der Waals surface area contributed by atoms with E-state index in [1.165, 1.54) is 6.26 Å². The fourth-order valence-corrected chi connectivity index (χ4v) is 3.13. The maximum Gasteiger partial charge on any atom is 0.317 e. The minimum absolute atomic E-state index is 0.0349. The summed E-state index contributed by atoms with van der Waals surface area (Å²) in [6, 6.07) is -0.0988. The Bertz CT molecular complexity index is 462. The van der Waals surface area contributed by atoms with Crippen molar-refractivity contribution < 1.29 is 13.2 Å². The molecule has 0 aromatic rings. The molecule has 0 radical (unpaired) electrons. The summed E-state index contributed by atoms with van der Waals surface area (Å²) in [5.74, 6) is 0. The second-order valence-corrected chi connectivity index (χ2v) is 9.64. The van der Waals surface area contributed by atoms with E-state index >= 15 is 0 Å². The van der Waals surface area contributed by atoms with E-state index in [0.717, 1.165) is 13.0 Å². The van der Waals surface area contributed by atoms with Gasteiger partial charge in [0.15, 0.2) is 9.84 Å². The first-order valence-corrected chi connectivity index (χ1v) is 9.25. The van der Waals surface area contributed by atoms with Crippen LogP contribution in [0.5, 0.6) is 0 Å². The molecule has 1 N–H and O–H groups in total. The summed E-state index contributed by atoms with van der Waals surface area (Å²) in [7, 11) is 0.976. The Morgan fingerprint density at radius 1 is 1.33 bits per heavy atom. The number of nitrogens with zero attached hydrogens (tertiary/aromatic N) is 2. The van der Waals surface area contributed by atoms with Crippen LogP contribution in [0.25, 0.3) is 0 Å². The number of amides is 2. The lowest BCUT2D eigenvalue weighted by atomic mass is 9.84. The second-order valence-electron chi connectivity index (χ2n) is 7.32. The van der Waals surface area contributed by atoms with Crippen LogP contribution in [0.1, 0.15) is 27.2 Å². The van der Waals surface area contributed by atoms with Crippen LogP contribution in [0.2, 0.25) is 0 Å². The molecule has 1 unspecified atom stereocenters. The van der Waals surface area contributed by atoms with Crippen molar-refractivity contribution in [3.63, 3.8) is 0 Å². The molecule has 1 aliphatic heterocycles. The highest BCUT2D eigenvalue weighted by molar-refractivity contribution is 7.91. The van der Waals surface area contributed by atoms with E-state index in [4.69, 9.17) is 0 Å². The number of carbonyl (C=O) groups is 1. The predicted octanol–water partition coefficient (Wildman–Crippen LogP) is 0.791. The molecule has 0 spiro atoms. The van der Waals surface area contributed by atoms with Gasteiger partial charge in [-0.05, 0) is 32.5 Å². The molecule has 7 heteroatoms. The fourth-order valence-electron chi connectivity index (χ4n) is 2.22. The Labute approximate surface area is 128 Å². The smallest absolute Gasteiger partial charge is 0.317 e. The van der Waals surface area contributed by atoms with Gasteiger partial charge in [-0.25, -0.2) is 13.2 Å². The van der Waals surface area contributed by atoms with Crippen molar-refractivity contribution in [3.05, 3.63) is 0 Å². The van der Waals surface area contributed by atoms with Crippen molar-refractivity contribution in [3.8, 4) is 0 Å². The summed E-state index contributed by atoms with van der Waals surface area (Å²) in [4.78, 5) is 15.9. The maximum atomic E-state index is 12.2. The highest BCUT2D eigenvalue weighted by Crippen LogP contribution is 2.23. The molecule has 0 saturated carbocycles. The average molecular weight is 319 g/mol. The highest BCUT2D eigenvalue weighted by Gasteiger charge is 2.38. The van der Waals surface area contributed by atoms with Crippen molar-refractivity contribution in [1.82, 2.24) is 15.1 Å². The van der Waals surface area contributed by atoms with E-state index < -0.39 is 15.1 Å². The zero-order chi connectivity index (χ0) is 16.4. The zero-order valence-corrected chi connectivity index (χ0v) is 14.8. The van der Waals surface area contributed by atoms with Crippen LogP contribution in [0.4, 0.5) is 4.79 Å². The lowest BCUT2D eigenvalue weighted by Crippen LogP contribution is -2.61. The van der Waals surface area contributed by atoms with Gasteiger partial charge < -0.3 is 15.1 Å². The van der Waals surface area contributed by atoms with Gasteiger partial charge >= 0.3 is 6.03 Å². The topological polar surface area (TPSA) is 69.7 Å². The summed E-state index contributed by atoms with van der Waals surface area (Å²) in [6.45, 7) is 7.80. The van der Waals surface area contributed by atoms with Crippen molar-refractivity contribution in [1.29, 1.82) is 0 Å². The molecule has 1 saturated heterocycles. The van der Waals surface area contributed by atoms with E-state index in [1.54, 1.807) is 4.90 Å². The summed E-state index contributed by atoms with van der Waals surface area (Å²) < 4.78 is 22.8. The van der Waals surface area contributed by atoms with Crippen LogP contribution in [0, 0.1) is 5.41 Å². The first-order valence-electron chi connectivity index (χ1n) is 7.30. The van der Waals surface area contributed by atoms with Gasteiger partial charge in [0.2, 0.25) is 0 Å². The number of sulfone groups is 1. The largest absolute Gasteiger partial charge is 0.335 e. The number of urea groups is 1. The van der Waals surface area contributed by atoms with Crippen LogP contribution in [-0.2, 0) is 9.84 Å². The molecule has 6 nitrogen and oxygen atoms in total. The van der Waals surface area contributed by atoms with Gasteiger partial charge in [-0.3, -0.25) is 0 Å². The van der Waals surface area contributed by atoms with Crippen molar-refractivity contribution in [2.45, 2.75) is 38.5 Å². The van der Waals surface area contributed by atoms with Crippen LogP contribution in [0.15, 0.2) is 0 Å². The van der Waals surface area contributed by atoms with E-state index in [0.29, 0.717) is 13.1 Å². The number of hydrogen-bond donors (Lipinski definition) is 1. The van der Waals surface area contributed by atoms with Gasteiger partial charge in [0.25, 0.3) is 0 Å². The predicted molar refractivity (Wildman–Crippen MR) is 85.2 cm³/mol. The zero-order valence-electron chi connectivity index (χ0n) is 14.0. The quantitative estimate of drug-likeness (QED) is 0.813. The second kappa shape index (κ2) is 6.52. The number of rotatable bonds is 5. The summed E-state index contributed by atoms with van der Waals surface area (Å²) in [5.41, 5.74) is -0.0349. The molecule has 0 bridgehead atoms. The molecule has 1 fully saturated rings. The molecule has 21 heavy (non-hydrogen) atoms. The highest BCUT2D eigenvalue weighted by atomic mass is 32.2. The number of carbonyl (C=O) groups excluding carboxylic acids is 1. The molecule has 2 amide bonds. The first kappa shape index (κ1) is 18.2. The Kier molecular flexibility index (Phi) is 5.66. The molecule has 0 aromatic carbocycles. The van der Waals surface area contributed by atoms with Gasteiger partial charge in [0.1, 0.15) is 0 Å². The Balaban J connectivity index is 2.54. The minimum atomic E-state index is -3.04. The molecule has 1 atom stereocenters. The molecule has 1 aliphatic rings. The van der Waals surface area contributed by atoms with E-state index in [-0.39, 0.29) is 17.5 Å². The van der Waals surface area contributed by atoms with Gasteiger partial charge in [0, 0.05) is 25.4 Å². The Hall–Kier alpha value is -0.820. The number of hydrogen-bond acceptors (Lipinski definition) is 4. The summed E-state index contributed by atoms with van der Waals surface area (Å²) >= 11 is 0. The van der Waals surface area contributed by atoms with Crippen LogP contribution in [-0.4, -0.2) is 75.5 Å². The third-order valence-corrected chi connectivity index (χ3v) is 5.46. The number of likely N-dealkylation sites (tertiary alicyclic amines) is 1. The third-order valence-electron chi connectivity index (χ3n) is 3.95. The molecular formula is C14H29N3O3S. The molecule has 124 valence electrons. The van der Waals surface area contributed by atoms with Gasteiger partial charge in [-0.1, -0.05) is 20.8 Å². The monoisotopic (exact) mass is 319 g/mol. The van der Waals surface area contributed by atoms with Crippen LogP contribution >= 0.6 is 0 Å². The third kappa shape index (κ3) is 5.47. The maximum absolute atomic E-state index is 12.2. The SMILES string of the molecule is CN(C)CCC(NC(=O)N1CC(S(C)(=O)=O)C1)C(C)(C)C. The Morgan fingerprint density at radius 3 is 2.24 bits per heavy atom. The van der Waals surface area contributed by atoms with E-state index in [1.807, 2.05) is 14.1 Å². The average Bonchev–Trinajstić information content (AvgIpc) is 2.17. The lowest BCUT2D eigenvalue weighted by molar-refractivity contribution is 0.150. The lowest BCUT2D eigenvalue weighted by Gasteiger charge is -2.40. The molecule has 1 rings (SSSR count). The molecular weight excluding hydrogens is 290 g/mol. The van der Waals surface area contributed by atoms with Crippen LogP contribution in [0.3, 0.4) is 0 Å². The molecule has 1 heterocycles. The number of nitrogens with one attached hydrogen (secondary N) is 1. The summed E-state index contributed by atoms with van der Waals surface area (Å²) in [6.07, 6.45) is 2.09. The van der Waals surface area contributed by atoms with E-state index in [9.17, 15) is 13.2 Å². The van der Waals surface area contributed by atoms with Gasteiger partial charge in [-0.15, -0.1) is 0 Å². The van der Waals surface area contributed by atoms with Gasteiger partial charge in [-0.2, -0.15) is 0 Å².